The van der Waals surface area contributed by atoms with E-state index >= 15 is 0 Å². The first kappa shape index (κ1) is 16.1. The van der Waals surface area contributed by atoms with Crippen LogP contribution in [0, 0.1) is 5.82 Å². The second kappa shape index (κ2) is 8.23. The molecule has 1 aromatic rings. The number of ether oxygens (including phenoxy) is 1. The number of methoxy groups -OCH3 is 1. The van der Waals surface area contributed by atoms with E-state index in [9.17, 15) is 14.0 Å². The van der Waals surface area contributed by atoms with Gasteiger partial charge in [0, 0.05) is 25.8 Å². The summed E-state index contributed by atoms with van der Waals surface area (Å²) in [5.74, 6) is -1.08. The van der Waals surface area contributed by atoms with Crippen LogP contribution in [0.2, 0.25) is 0 Å². The molecule has 0 bridgehead atoms. The van der Waals surface area contributed by atoms with Gasteiger partial charge >= 0.3 is 0 Å². The number of nitrogens with two attached hydrogens (primary N) is 1. The van der Waals surface area contributed by atoms with Crippen LogP contribution in [-0.2, 0) is 9.53 Å². The van der Waals surface area contributed by atoms with E-state index in [1.807, 2.05) is 0 Å². The van der Waals surface area contributed by atoms with Gasteiger partial charge < -0.3 is 21.1 Å². The van der Waals surface area contributed by atoms with Crippen LogP contribution >= 0.6 is 0 Å². The van der Waals surface area contributed by atoms with Crippen LogP contribution in [0.15, 0.2) is 24.3 Å². The standard InChI is InChI=1S/C13H18FN3O3/c1-20-8-11(15)13(19)17-7-6-16-12(18)9-2-4-10(14)5-3-9/h2-5,11H,6-8,15H2,1H3,(H,16,18)(H,17,19). The van der Waals surface area contributed by atoms with Gasteiger partial charge in [0.05, 0.1) is 6.61 Å². The van der Waals surface area contributed by atoms with E-state index in [0.717, 1.165) is 0 Å². The summed E-state index contributed by atoms with van der Waals surface area (Å²) in [5.41, 5.74) is 5.87. The van der Waals surface area contributed by atoms with Crippen molar-refractivity contribution < 1.29 is 18.7 Å². The zero-order valence-electron chi connectivity index (χ0n) is 11.2. The van der Waals surface area contributed by atoms with Crippen LogP contribution < -0.4 is 16.4 Å². The summed E-state index contributed by atoms with van der Waals surface area (Å²) >= 11 is 0. The van der Waals surface area contributed by atoms with Crippen LogP contribution in [0.5, 0.6) is 0 Å². The van der Waals surface area contributed by atoms with Gasteiger partial charge in [-0.3, -0.25) is 9.59 Å². The molecule has 2 amide bonds. The van der Waals surface area contributed by atoms with Gasteiger partial charge in [-0.15, -0.1) is 0 Å². The Morgan fingerprint density at radius 3 is 2.45 bits per heavy atom. The fourth-order valence-electron chi connectivity index (χ4n) is 1.45. The fraction of sp³-hybridized carbons (Fsp3) is 0.385. The highest BCUT2D eigenvalue weighted by atomic mass is 19.1. The first-order valence-corrected chi connectivity index (χ1v) is 6.10. The average Bonchev–Trinajstić information content (AvgIpc) is 2.44. The minimum Gasteiger partial charge on any atom is -0.383 e. The van der Waals surface area contributed by atoms with E-state index in [-0.39, 0.29) is 31.5 Å². The van der Waals surface area contributed by atoms with Crippen LogP contribution in [0.3, 0.4) is 0 Å². The second-order valence-electron chi connectivity index (χ2n) is 4.12. The van der Waals surface area contributed by atoms with Gasteiger partial charge in [0.15, 0.2) is 0 Å². The SMILES string of the molecule is COCC(N)C(=O)NCCNC(=O)c1ccc(F)cc1. The van der Waals surface area contributed by atoms with Crippen molar-refractivity contribution in [1.29, 1.82) is 0 Å². The third kappa shape index (κ3) is 5.33. The van der Waals surface area contributed by atoms with E-state index in [1.165, 1.54) is 31.4 Å². The third-order valence-electron chi connectivity index (χ3n) is 2.50. The highest BCUT2D eigenvalue weighted by Gasteiger charge is 2.12. The molecule has 4 N–H and O–H groups in total. The van der Waals surface area contributed by atoms with Gasteiger partial charge in [-0.1, -0.05) is 0 Å². The van der Waals surface area contributed by atoms with Crippen LogP contribution in [0.1, 0.15) is 10.4 Å². The van der Waals surface area contributed by atoms with E-state index in [4.69, 9.17) is 10.5 Å². The van der Waals surface area contributed by atoms with Gasteiger partial charge in [-0.25, -0.2) is 4.39 Å². The number of amides is 2. The Morgan fingerprint density at radius 1 is 1.25 bits per heavy atom. The highest BCUT2D eigenvalue weighted by molar-refractivity contribution is 5.94. The third-order valence-corrected chi connectivity index (χ3v) is 2.50. The Labute approximate surface area is 116 Å². The molecule has 1 unspecified atom stereocenters. The van der Waals surface area contributed by atoms with E-state index in [2.05, 4.69) is 10.6 Å². The monoisotopic (exact) mass is 283 g/mol. The lowest BCUT2D eigenvalue weighted by molar-refractivity contribution is -0.123. The van der Waals surface area contributed by atoms with Crippen LogP contribution in [-0.4, -0.2) is 44.7 Å². The van der Waals surface area contributed by atoms with Crippen molar-refractivity contribution in [3.63, 3.8) is 0 Å². The van der Waals surface area contributed by atoms with Gasteiger partial charge in [0.25, 0.3) is 5.91 Å². The maximum absolute atomic E-state index is 12.7. The van der Waals surface area contributed by atoms with Crippen molar-refractivity contribution in [2.75, 3.05) is 26.8 Å². The molecule has 0 spiro atoms. The van der Waals surface area contributed by atoms with Crippen molar-refractivity contribution in [1.82, 2.24) is 10.6 Å². The minimum atomic E-state index is -0.729. The number of carbonyl (C=O) groups excluding carboxylic acids is 2. The second-order valence-corrected chi connectivity index (χ2v) is 4.12. The Bertz CT molecular complexity index is 451. The lowest BCUT2D eigenvalue weighted by Crippen LogP contribution is -2.45. The fourth-order valence-corrected chi connectivity index (χ4v) is 1.45. The highest BCUT2D eigenvalue weighted by Crippen LogP contribution is 2.01. The molecule has 0 saturated carbocycles. The van der Waals surface area contributed by atoms with Crippen molar-refractivity contribution in [3.05, 3.63) is 35.6 Å². The number of hydrogen-bond donors (Lipinski definition) is 3. The number of benzene rings is 1. The molecule has 110 valence electrons. The maximum Gasteiger partial charge on any atom is 0.251 e. The molecule has 6 nitrogen and oxygen atoms in total. The Morgan fingerprint density at radius 2 is 1.85 bits per heavy atom. The van der Waals surface area contributed by atoms with Crippen LogP contribution in [0.25, 0.3) is 0 Å². The molecule has 7 heteroatoms. The molecule has 1 rings (SSSR count). The van der Waals surface area contributed by atoms with Gasteiger partial charge in [-0.05, 0) is 24.3 Å². The number of nitrogens with one attached hydrogen (secondary N) is 2. The predicted octanol–water partition coefficient (Wildman–Crippen LogP) is -0.355. The van der Waals surface area contributed by atoms with E-state index < -0.39 is 11.9 Å². The van der Waals surface area contributed by atoms with Crippen LogP contribution in [0.4, 0.5) is 4.39 Å². The number of halogens is 1. The average molecular weight is 283 g/mol. The number of rotatable bonds is 7. The lowest BCUT2D eigenvalue weighted by atomic mass is 10.2. The molecule has 0 aromatic heterocycles. The van der Waals surface area contributed by atoms with Gasteiger partial charge in [0.2, 0.25) is 5.91 Å². The first-order chi connectivity index (χ1) is 9.54. The quantitative estimate of drug-likeness (QED) is 0.596. The Kier molecular flexibility index (Phi) is 6.61. The summed E-state index contributed by atoms with van der Waals surface area (Å²) in [6.07, 6.45) is 0. The molecular formula is C13H18FN3O3. The molecule has 1 aromatic carbocycles. The smallest absolute Gasteiger partial charge is 0.251 e. The molecule has 0 radical (unpaired) electrons. The topological polar surface area (TPSA) is 93.4 Å². The molecule has 0 fully saturated rings. The van der Waals surface area contributed by atoms with Gasteiger partial charge in [-0.2, -0.15) is 0 Å². The summed E-state index contributed by atoms with van der Waals surface area (Å²) in [4.78, 5) is 23.1. The van der Waals surface area contributed by atoms with E-state index in [0.29, 0.717) is 5.56 Å². The van der Waals surface area contributed by atoms with E-state index in [1.54, 1.807) is 0 Å². The molecule has 0 aliphatic rings. The number of carbonyl (C=O) groups is 2. The zero-order chi connectivity index (χ0) is 15.0. The Balaban J connectivity index is 2.25. The van der Waals surface area contributed by atoms with Crippen molar-refractivity contribution >= 4 is 11.8 Å². The normalized spacial score (nSPS) is 11.8. The summed E-state index contributed by atoms with van der Waals surface area (Å²) in [6, 6.07) is 4.46. The molecule has 0 heterocycles. The summed E-state index contributed by atoms with van der Waals surface area (Å²) < 4.78 is 17.4. The van der Waals surface area contributed by atoms with Gasteiger partial charge in [0.1, 0.15) is 11.9 Å². The predicted molar refractivity (Wildman–Crippen MR) is 71.6 cm³/mol. The maximum atomic E-state index is 12.7. The summed E-state index contributed by atoms with van der Waals surface area (Å²) in [6.45, 7) is 0.638. The molecule has 1 atom stereocenters. The zero-order valence-corrected chi connectivity index (χ0v) is 11.2. The van der Waals surface area contributed by atoms with Crippen molar-refractivity contribution in [3.8, 4) is 0 Å². The van der Waals surface area contributed by atoms with Crippen molar-refractivity contribution in [2.24, 2.45) is 5.73 Å². The molecule has 0 saturated heterocycles. The largest absolute Gasteiger partial charge is 0.383 e. The molecular weight excluding hydrogens is 265 g/mol. The molecule has 20 heavy (non-hydrogen) atoms. The summed E-state index contributed by atoms with van der Waals surface area (Å²) in [5, 5.41) is 5.16. The minimum absolute atomic E-state index is 0.133. The first-order valence-electron chi connectivity index (χ1n) is 6.10. The molecule has 0 aliphatic carbocycles. The number of hydrogen-bond acceptors (Lipinski definition) is 4. The lowest BCUT2D eigenvalue weighted by Gasteiger charge is -2.11. The molecule has 0 aliphatic heterocycles. The summed E-state index contributed by atoms with van der Waals surface area (Å²) in [7, 11) is 1.45. The Hall–Kier alpha value is -1.99. The van der Waals surface area contributed by atoms with Crippen molar-refractivity contribution in [2.45, 2.75) is 6.04 Å².